The summed E-state index contributed by atoms with van der Waals surface area (Å²) in [7, 11) is 0. The number of aromatic nitrogens is 1. The Balaban J connectivity index is 1.17. The van der Waals surface area contributed by atoms with Gasteiger partial charge < -0.3 is 30.0 Å². The number of likely N-dealkylation sites (tertiary alicyclic amines) is 1. The Kier molecular flexibility index (Phi) is 6.74. The fourth-order valence-corrected chi connectivity index (χ4v) is 4.99. The molecule has 2 aromatic carbocycles. The first-order valence-corrected chi connectivity index (χ1v) is 12.3. The van der Waals surface area contributed by atoms with Gasteiger partial charge in [-0.15, -0.1) is 0 Å². The first kappa shape index (κ1) is 23.4. The number of aryl methyl sites for hydroxylation is 1. The van der Waals surface area contributed by atoms with Gasteiger partial charge in [0, 0.05) is 37.1 Å². The van der Waals surface area contributed by atoms with E-state index in [1.165, 1.54) is 11.6 Å². The Morgan fingerprint density at radius 2 is 1.80 bits per heavy atom. The second kappa shape index (κ2) is 10.1. The number of nitrogens with zero attached hydrogens (tertiary/aromatic N) is 2. The number of carbonyl (C=O) groups is 1. The zero-order valence-electron chi connectivity index (χ0n) is 20.1. The van der Waals surface area contributed by atoms with Gasteiger partial charge in [-0.1, -0.05) is 18.2 Å². The first-order chi connectivity index (χ1) is 17.0. The molecule has 0 aliphatic carbocycles. The average molecular weight is 477 g/mol. The van der Waals surface area contributed by atoms with Gasteiger partial charge in [0.05, 0.1) is 11.1 Å². The van der Waals surface area contributed by atoms with Crippen LogP contribution in [0.5, 0.6) is 11.5 Å². The number of nitrogens with two attached hydrogens (primary N) is 1. The van der Waals surface area contributed by atoms with Crippen LogP contribution in [0.4, 0.5) is 0 Å². The summed E-state index contributed by atoms with van der Waals surface area (Å²) < 4.78 is 13.1. The van der Waals surface area contributed by atoms with Crippen LogP contribution in [0.15, 0.2) is 47.3 Å². The van der Waals surface area contributed by atoms with Crippen LogP contribution in [0.25, 0.3) is 10.9 Å². The molecule has 2 aliphatic rings. The number of fused-ring (bicyclic) bond motifs is 2. The number of hydrogen-bond donors (Lipinski definition) is 2. The largest absolute Gasteiger partial charge is 0.486 e. The van der Waals surface area contributed by atoms with Gasteiger partial charge >= 0.3 is 0 Å². The molecule has 1 aromatic heterocycles. The summed E-state index contributed by atoms with van der Waals surface area (Å²) in [5.74, 6) is 1.07. The number of pyridine rings is 1. The number of piperidine rings is 1. The molecule has 3 heterocycles. The summed E-state index contributed by atoms with van der Waals surface area (Å²) >= 11 is 0. The number of amides is 1. The van der Waals surface area contributed by atoms with Crippen LogP contribution in [-0.4, -0.2) is 54.3 Å². The van der Waals surface area contributed by atoms with Crippen LogP contribution in [0.3, 0.4) is 0 Å². The van der Waals surface area contributed by atoms with Crippen molar-refractivity contribution in [3.05, 3.63) is 69.5 Å². The molecule has 0 atom stereocenters. The minimum absolute atomic E-state index is 0.187. The number of hydrogen-bond acceptors (Lipinski definition) is 6. The van der Waals surface area contributed by atoms with E-state index in [2.05, 4.69) is 22.3 Å². The van der Waals surface area contributed by atoms with Crippen LogP contribution in [0.1, 0.15) is 34.3 Å². The van der Waals surface area contributed by atoms with E-state index in [9.17, 15) is 9.59 Å². The van der Waals surface area contributed by atoms with E-state index in [4.69, 9.17) is 15.2 Å². The summed E-state index contributed by atoms with van der Waals surface area (Å²) in [5.41, 5.74) is 8.61. The topological polar surface area (TPSA) is 98.8 Å². The maximum absolute atomic E-state index is 12.8. The van der Waals surface area contributed by atoms with Crippen molar-refractivity contribution in [3.63, 3.8) is 0 Å². The molecule has 0 bridgehead atoms. The van der Waals surface area contributed by atoms with Gasteiger partial charge in [-0.05, 0) is 62.2 Å². The SMILES string of the molecule is Cc1ccc2c(C(N)=O)cc(=O)n(CCN3CCC(NCc4ccc5c(c4)OCCO5)CC3)c2c1. The molecule has 3 N–H and O–H groups in total. The lowest BCUT2D eigenvalue weighted by atomic mass is 10.0. The van der Waals surface area contributed by atoms with Crippen LogP contribution in [0, 0.1) is 6.92 Å². The molecular weight excluding hydrogens is 444 g/mol. The predicted molar refractivity (Wildman–Crippen MR) is 135 cm³/mol. The van der Waals surface area contributed by atoms with E-state index in [-0.39, 0.29) is 11.1 Å². The Bertz CT molecular complexity index is 1290. The highest BCUT2D eigenvalue weighted by Crippen LogP contribution is 2.30. The van der Waals surface area contributed by atoms with Crippen molar-refractivity contribution >= 4 is 16.8 Å². The molecule has 2 aliphatic heterocycles. The molecule has 184 valence electrons. The first-order valence-electron chi connectivity index (χ1n) is 12.3. The van der Waals surface area contributed by atoms with Crippen molar-refractivity contribution in [2.24, 2.45) is 5.73 Å². The number of benzene rings is 2. The molecule has 1 amide bonds. The third-order valence-corrected chi connectivity index (χ3v) is 6.96. The quantitative estimate of drug-likeness (QED) is 0.544. The van der Waals surface area contributed by atoms with Gasteiger partial charge in [-0.25, -0.2) is 0 Å². The minimum atomic E-state index is -0.575. The smallest absolute Gasteiger partial charge is 0.251 e. The molecule has 35 heavy (non-hydrogen) atoms. The predicted octanol–water partition coefficient (Wildman–Crippen LogP) is 2.43. The molecule has 1 fully saturated rings. The Labute approximate surface area is 204 Å². The molecule has 8 nitrogen and oxygen atoms in total. The van der Waals surface area contributed by atoms with Crippen molar-refractivity contribution in [1.29, 1.82) is 0 Å². The van der Waals surface area contributed by atoms with Crippen molar-refractivity contribution in [2.75, 3.05) is 32.8 Å². The lowest BCUT2D eigenvalue weighted by Crippen LogP contribution is -2.43. The Morgan fingerprint density at radius 3 is 2.57 bits per heavy atom. The van der Waals surface area contributed by atoms with Crippen LogP contribution in [0.2, 0.25) is 0 Å². The summed E-state index contributed by atoms with van der Waals surface area (Å²) in [4.78, 5) is 27.1. The monoisotopic (exact) mass is 476 g/mol. The molecule has 1 saturated heterocycles. The fourth-order valence-electron chi connectivity index (χ4n) is 4.99. The number of ether oxygens (including phenoxy) is 2. The normalized spacial score (nSPS) is 16.5. The molecule has 3 aromatic rings. The van der Waals surface area contributed by atoms with Crippen molar-refractivity contribution in [2.45, 2.75) is 38.9 Å². The van der Waals surface area contributed by atoms with E-state index in [1.807, 2.05) is 31.2 Å². The third-order valence-electron chi connectivity index (χ3n) is 6.96. The van der Waals surface area contributed by atoms with E-state index in [0.717, 1.165) is 67.0 Å². The average Bonchev–Trinajstić information content (AvgIpc) is 2.87. The summed E-state index contributed by atoms with van der Waals surface area (Å²) in [6.45, 7) is 7.29. The minimum Gasteiger partial charge on any atom is -0.486 e. The van der Waals surface area contributed by atoms with Gasteiger partial charge in [0.2, 0.25) is 5.91 Å². The molecule has 8 heteroatoms. The van der Waals surface area contributed by atoms with Gasteiger partial charge in [0.1, 0.15) is 13.2 Å². The van der Waals surface area contributed by atoms with Gasteiger partial charge in [0.25, 0.3) is 5.56 Å². The number of nitrogens with one attached hydrogen (secondary N) is 1. The second-order valence-electron chi connectivity index (χ2n) is 9.41. The number of primary amides is 1. The van der Waals surface area contributed by atoms with E-state index in [1.54, 1.807) is 4.57 Å². The molecule has 0 saturated carbocycles. The van der Waals surface area contributed by atoms with Crippen LogP contribution >= 0.6 is 0 Å². The van der Waals surface area contributed by atoms with Gasteiger partial charge in [-0.3, -0.25) is 9.59 Å². The van der Waals surface area contributed by atoms with Crippen molar-refractivity contribution in [3.8, 4) is 11.5 Å². The van der Waals surface area contributed by atoms with Crippen molar-refractivity contribution in [1.82, 2.24) is 14.8 Å². The maximum Gasteiger partial charge on any atom is 0.251 e. The highest BCUT2D eigenvalue weighted by atomic mass is 16.6. The lowest BCUT2D eigenvalue weighted by Gasteiger charge is -2.32. The van der Waals surface area contributed by atoms with Gasteiger partial charge in [0.15, 0.2) is 11.5 Å². The van der Waals surface area contributed by atoms with E-state index < -0.39 is 5.91 Å². The van der Waals surface area contributed by atoms with Crippen molar-refractivity contribution < 1.29 is 14.3 Å². The zero-order valence-corrected chi connectivity index (χ0v) is 20.1. The highest BCUT2D eigenvalue weighted by molar-refractivity contribution is 6.05. The Morgan fingerprint density at radius 1 is 1.03 bits per heavy atom. The van der Waals surface area contributed by atoms with Crippen LogP contribution in [-0.2, 0) is 13.1 Å². The summed E-state index contributed by atoms with van der Waals surface area (Å²) in [6.07, 6.45) is 2.11. The Hall–Kier alpha value is -3.36. The molecule has 0 unspecified atom stereocenters. The molecule has 5 rings (SSSR count). The maximum atomic E-state index is 12.8. The fraction of sp³-hybridized carbons (Fsp3) is 0.407. The van der Waals surface area contributed by atoms with E-state index >= 15 is 0 Å². The number of rotatable bonds is 7. The van der Waals surface area contributed by atoms with E-state index in [0.29, 0.717) is 25.8 Å². The lowest BCUT2D eigenvalue weighted by molar-refractivity contribution is 0.100. The molecule has 0 radical (unpaired) electrons. The molecule has 0 spiro atoms. The van der Waals surface area contributed by atoms with Gasteiger partial charge in [-0.2, -0.15) is 0 Å². The van der Waals surface area contributed by atoms with Crippen LogP contribution < -0.4 is 26.1 Å². The third kappa shape index (κ3) is 5.18. The number of carbonyl (C=O) groups excluding carboxylic acids is 1. The second-order valence-corrected chi connectivity index (χ2v) is 9.41. The summed E-state index contributed by atoms with van der Waals surface area (Å²) in [5, 5.41) is 4.40. The molecular formula is C27H32N4O4. The standard InChI is InChI=1S/C27H32N4O4/c1-18-2-4-21-22(27(28)33)16-26(32)31(23(21)14-18)11-10-30-8-6-20(7-9-30)29-17-19-3-5-24-25(15-19)35-13-12-34-24/h2-5,14-16,20,29H,6-13,17H2,1H3,(H2,28,33). The summed E-state index contributed by atoms with van der Waals surface area (Å²) in [6, 6.07) is 13.7. The zero-order chi connectivity index (χ0) is 24.4. The highest BCUT2D eigenvalue weighted by Gasteiger charge is 2.20.